The number of likely N-dealkylation sites (tertiary alicyclic amines) is 2. The first kappa shape index (κ1) is 46.9. The number of methoxy groups -OCH3 is 2. The van der Waals surface area contributed by atoms with Crippen LogP contribution in [0.1, 0.15) is 122 Å². The highest BCUT2D eigenvalue weighted by molar-refractivity contribution is 6.07. The van der Waals surface area contributed by atoms with Crippen LogP contribution in [0.2, 0.25) is 0 Å². The van der Waals surface area contributed by atoms with Crippen LogP contribution in [0.25, 0.3) is 44.2 Å². The molecule has 0 saturated carbocycles. The Kier molecular flexibility index (Phi) is 13.7. The van der Waals surface area contributed by atoms with E-state index in [9.17, 15) is 19.2 Å². The van der Waals surface area contributed by atoms with E-state index in [0.29, 0.717) is 38.6 Å². The van der Waals surface area contributed by atoms with Gasteiger partial charge in [-0.2, -0.15) is 0 Å². The van der Waals surface area contributed by atoms with Crippen molar-refractivity contribution < 1.29 is 38.1 Å². The minimum Gasteiger partial charge on any atom is -0.488 e. The lowest BCUT2D eigenvalue weighted by atomic mass is 9.90. The Labute approximate surface area is 397 Å². The molecule has 6 heterocycles. The zero-order valence-corrected chi connectivity index (χ0v) is 40.4. The van der Waals surface area contributed by atoms with Crippen LogP contribution in [0.4, 0.5) is 9.59 Å². The van der Waals surface area contributed by atoms with Crippen LogP contribution < -0.4 is 15.4 Å². The maximum absolute atomic E-state index is 14.5. The van der Waals surface area contributed by atoms with E-state index in [4.69, 9.17) is 28.9 Å². The van der Waals surface area contributed by atoms with E-state index in [1.165, 1.54) is 14.2 Å². The number of carbonyl (C=O) groups excluding carboxylic acids is 4. The lowest BCUT2D eigenvalue weighted by Crippen LogP contribution is -2.54. The summed E-state index contributed by atoms with van der Waals surface area (Å²) in [6.45, 7) is 11.9. The molecule has 0 aliphatic carbocycles. The smallest absolute Gasteiger partial charge is 0.407 e. The summed E-state index contributed by atoms with van der Waals surface area (Å²) in [6.07, 6.45) is 7.75. The molecule has 3 saturated heterocycles. The van der Waals surface area contributed by atoms with Crippen molar-refractivity contribution in [1.82, 2.24) is 40.4 Å². The maximum atomic E-state index is 14.5. The number of aromatic nitrogens is 4. The number of hydrogen-bond acceptors (Lipinski definition) is 10. The number of aromatic amines is 2. The summed E-state index contributed by atoms with van der Waals surface area (Å²) in [5.41, 5.74) is 6.63. The molecule has 2 aromatic heterocycles. The summed E-state index contributed by atoms with van der Waals surface area (Å²) in [5.74, 6) is 2.35. The zero-order chi connectivity index (χ0) is 47.8. The second-order valence-electron chi connectivity index (χ2n) is 19.7. The minimum atomic E-state index is -0.724. The van der Waals surface area contributed by atoms with Crippen molar-refractivity contribution in [2.75, 3.05) is 27.4 Å². The van der Waals surface area contributed by atoms with Crippen LogP contribution >= 0.6 is 0 Å². The second-order valence-corrected chi connectivity index (χ2v) is 19.7. The van der Waals surface area contributed by atoms with E-state index < -0.39 is 24.3 Å². The molecule has 362 valence electrons. The number of hydrogen-bond donors (Lipinski definition) is 4. The van der Waals surface area contributed by atoms with E-state index >= 15 is 0 Å². The molecule has 0 bridgehead atoms. The van der Waals surface area contributed by atoms with Gasteiger partial charge in [-0.3, -0.25) is 9.59 Å². The zero-order valence-electron chi connectivity index (χ0n) is 40.4. The van der Waals surface area contributed by atoms with Gasteiger partial charge in [0.15, 0.2) is 0 Å². The molecule has 16 nitrogen and oxygen atoms in total. The summed E-state index contributed by atoms with van der Waals surface area (Å²) in [7, 11) is 2.63. The number of fused-ring (bicyclic) bond motifs is 6. The van der Waals surface area contributed by atoms with Crippen LogP contribution in [0.15, 0.2) is 48.7 Å². The van der Waals surface area contributed by atoms with Gasteiger partial charge in [0.25, 0.3) is 0 Å². The molecule has 4 aliphatic rings. The molecule has 3 aromatic carbocycles. The summed E-state index contributed by atoms with van der Waals surface area (Å²) in [4.78, 5) is 75.0. The van der Waals surface area contributed by atoms with Gasteiger partial charge < -0.3 is 49.3 Å². The lowest BCUT2D eigenvalue weighted by Gasteiger charge is -2.36. The molecule has 0 radical (unpaired) electrons. The Bertz CT molecular complexity index is 2670. The van der Waals surface area contributed by atoms with E-state index in [0.717, 1.165) is 112 Å². The first-order valence-corrected chi connectivity index (χ1v) is 24.6. The molecule has 4 amide bonds. The number of rotatable bonds is 13. The van der Waals surface area contributed by atoms with Gasteiger partial charge in [0, 0.05) is 36.2 Å². The molecule has 0 spiro atoms. The fourth-order valence-electron chi connectivity index (χ4n) is 11.0. The van der Waals surface area contributed by atoms with Gasteiger partial charge in [0.05, 0.1) is 49.2 Å². The topological polar surface area (TPSA) is 193 Å². The first-order chi connectivity index (χ1) is 32.9. The van der Waals surface area contributed by atoms with Crippen LogP contribution in [-0.2, 0) is 30.4 Å². The fraction of sp³-hybridized carbons (Fsp3) is 0.538. The quantitative estimate of drug-likeness (QED) is 0.0885. The molecule has 4 aliphatic heterocycles. The molecule has 7 atom stereocenters. The SMILES string of the molecule is CC[C@H](C)[C@H](NC(=O)OC)C(=O)N1[C@@H](CCC(C)C)CC[C@H]1c1ncc(-c2ccc3c(c2)COc2cc4c(ccc5[nH]c([C@@H]6CC[C@H](C)N6C(=O)[C@@H](NC(=O)OC)C6CCOCC6)nc54)cc2-3)[nH]1. The minimum absolute atomic E-state index is 0.0355. The summed E-state index contributed by atoms with van der Waals surface area (Å²) >= 11 is 0. The third kappa shape index (κ3) is 9.11. The highest BCUT2D eigenvalue weighted by atomic mass is 16.5. The fourth-order valence-corrected chi connectivity index (χ4v) is 11.0. The monoisotopic (exact) mass is 931 g/mol. The van der Waals surface area contributed by atoms with Crippen LogP contribution in [0.3, 0.4) is 0 Å². The summed E-state index contributed by atoms with van der Waals surface area (Å²) < 4.78 is 22.0. The number of benzene rings is 3. The van der Waals surface area contributed by atoms with Gasteiger partial charge in [-0.05, 0) is 122 Å². The predicted molar refractivity (Wildman–Crippen MR) is 258 cm³/mol. The van der Waals surface area contributed by atoms with Crippen LogP contribution in [0.5, 0.6) is 5.75 Å². The van der Waals surface area contributed by atoms with E-state index in [1.54, 1.807) is 0 Å². The van der Waals surface area contributed by atoms with E-state index in [1.807, 2.05) is 35.9 Å². The van der Waals surface area contributed by atoms with Crippen molar-refractivity contribution in [1.29, 1.82) is 0 Å². The van der Waals surface area contributed by atoms with Crippen molar-refractivity contribution in [3.63, 3.8) is 0 Å². The van der Waals surface area contributed by atoms with Crippen molar-refractivity contribution in [2.45, 2.75) is 135 Å². The number of ether oxygens (including phenoxy) is 4. The largest absolute Gasteiger partial charge is 0.488 e. The average Bonchev–Trinajstić information content (AvgIpc) is 4.19. The maximum Gasteiger partial charge on any atom is 0.407 e. The van der Waals surface area contributed by atoms with Crippen LogP contribution in [0, 0.1) is 17.8 Å². The number of imidazole rings is 2. The highest BCUT2D eigenvalue weighted by Crippen LogP contribution is 2.45. The highest BCUT2D eigenvalue weighted by Gasteiger charge is 2.45. The van der Waals surface area contributed by atoms with Gasteiger partial charge in [-0.25, -0.2) is 19.6 Å². The second kappa shape index (κ2) is 19.8. The number of nitrogens with zero attached hydrogens (tertiary/aromatic N) is 4. The Hall–Kier alpha value is -6.16. The normalized spacial score (nSPS) is 21.8. The van der Waals surface area contributed by atoms with Crippen molar-refractivity contribution >= 4 is 45.8 Å². The molecular weight excluding hydrogens is 865 g/mol. The van der Waals surface area contributed by atoms with Gasteiger partial charge >= 0.3 is 12.2 Å². The average molecular weight is 931 g/mol. The standard InChI is InChI=1S/C52H66N8O8/c1-8-29(4)44(57-51(63)65-6)49(61)60-35(13-9-28(2)3)14-18-41(60)47-53-26-40(55-47)33-11-15-36-34(23-33)27-68-43-25-37-32(24-38(36)43)12-16-39-46(37)56-48(54-39)42-17-10-30(5)59(42)50(62)45(58-52(64)66-7)31-19-21-67-22-20-31/h11-12,15-16,23-26,28-31,35,41-42,44-45H,8-10,13-14,17-22,27H2,1-7H3,(H,53,55)(H,54,56)(H,57,63)(H,58,64)/t29-,30-,35-,41-,42-,44-,45-/m0/s1. The Morgan fingerprint density at radius 3 is 2.34 bits per heavy atom. The first-order valence-electron chi connectivity index (χ1n) is 24.6. The summed E-state index contributed by atoms with van der Waals surface area (Å²) in [6, 6.07) is 12.8. The molecule has 16 heteroatoms. The summed E-state index contributed by atoms with van der Waals surface area (Å²) in [5, 5.41) is 7.67. The number of H-pyrrole nitrogens is 2. The number of alkyl carbamates (subject to hydrolysis) is 2. The van der Waals surface area contributed by atoms with Crippen LogP contribution in [-0.4, -0.2) is 105 Å². The van der Waals surface area contributed by atoms with Gasteiger partial charge in [-0.1, -0.05) is 52.3 Å². The Morgan fingerprint density at radius 2 is 1.59 bits per heavy atom. The Morgan fingerprint density at radius 1 is 0.838 bits per heavy atom. The molecule has 3 fully saturated rings. The van der Waals surface area contributed by atoms with Crippen molar-refractivity contribution in [3.8, 4) is 28.1 Å². The number of nitrogens with one attached hydrogen (secondary N) is 4. The molecule has 5 aromatic rings. The molecular formula is C52H66N8O8. The molecule has 9 rings (SSSR count). The van der Waals surface area contributed by atoms with Gasteiger partial charge in [0.1, 0.15) is 36.1 Å². The third-order valence-corrected chi connectivity index (χ3v) is 15.1. The molecule has 0 unspecified atom stereocenters. The van der Waals surface area contributed by atoms with Crippen molar-refractivity contribution in [2.24, 2.45) is 17.8 Å². The third-order valence-electron chi connectivity index (χ3n) is 15.1. The molecule has 68 heavy (non-hydrogen) atoms. The van der Waals surface area contributed by atoms with Gasteiger partial charge in [0.2, 0.25) is 11.8 Å². The number of amides is 4. The molecule has 4 N–H and O–H groups in total. The Balaban J connectivity index is 0.968. The van der Waals surface area contributed by atoms with E-state index in [-0.39, 0.29) is 47.8 Å². The van der Waals surface area contributed by atoms with E-state index in [2.05, 4.69) is 77.8 Å². The lowest BCUT2D eigenvalue weighted by molar-refractivity contribution is -0.139. The number of carbonyl (C=O) groups is 4. The van der Waals surface area contributed by atoms with Gasteiger partial charge in [-0.15, -0.1) is 0 Å². The van der Waals surface area contributed by atoms with Crippen molar-refractivity contribution in [3.05, 3.63) is 65.9 Å². The predicted octanol–water partition coefficient (Wildman–Crippen LogP) is 9.11.